The number of carbonyl (C=O) groups excluding carboxylic acids is 2. The van der Waals surface area contributed by atoms with Crippen LogP contribution in [0.15, 0.2) is 0 Å². The smallest absolute Gasteiger partial charge is 0.309 e. The molecule has 0 unspecified atom stereocenters. The van der Waals surface area contributed by atoms with Gasteiger partial charge in [0.2, 0.25) is 0 Å². The van der Waals surface area contributed by atoms with Crippen LogP contribution in [0.25, 0.3) is 0 Å². The number of esters is 2. The molecule has 1 heterocycles. The molecule has 3 aliphatic rings. The van der Waals surface area contributed by atoms with Crippen molar-refractivity contribution in [2.75, 3.05) is 6.61 Å². The van der Waals surface area contributed by atoms with E-state index in [0.29, 0.717) is 18.9 Å². The molecular weight excluding hydrogens is 559 g/mol. The summed E-state index contributed by atoms with van der Waals surface area (Å²) in [4.78, 5) is 26.5. The number of fused-ring (bicyclic) bond motifs is 3. The highest BCUT2D eigenvalue weighted by molar-refractivity contribution is 14.1. The fourth-order valence-electron chi connectivity index (χ4n) is 6.14. The number of ether oxygens (including phenoxy) is 2. The van der Waals surface area contributed by atoms with Crippen LogP contribution >= 0.6 is 22.6 Å². The Kier molecular flexibility index (Phi) is 8.04. The van der Waals surface area contributed by atoms with Gasteiger partial charge in [0.25, 0.3) is 0 Å². The van der Waals surface area contributed by atoms with Crippen molar-refractivity contribution in [1.29, 1.82) is 0 Å². The van der Waals surface area contributed by atoms with Crippen LogP contribution in [0.5, 0.6) is 0 Å². The molecule has 2 saturated carbocycles. The molecular formula is C27H47IO5Si. The van der Waals surface area contributed by atoms with Crippen LogP contribution < -0.4 is 0 Å². The standard InChI is InChI=1S/C27H47IO5Si/c1-24(2,3)32-21(29)14-20-22(28)19-12-10-11-13-26(19,7)15-18-16-27(20,33-23(18)30)17-31-34(8,9)25(4,5)6/h18-20,22H,10-17H2,1-9H3/t18-,19-,20-,22-,26-,27+/m1/s1. The number of hydrogen-bond donors (Lipinski definition) is 0. The molecule has 5 nitrogen and oxygen atoms in total. The summed E-state index contributed by atoms with van der Waals surface area (Å²) in [7, 11) is -2.07. The zero-order chi connectivity index (χ0) is 25.7. The summed E-state index contributed by atoms with van der Waals surface area (Å²) in [5.74, 6) is -0.0746. The van der Waals surface area contributed by atoms with E-state index in [9.17, 15) is 9.59 Å². The molecule has 2 bridgehead atoms. The molecule has 196 valence electrons. The van der Waals surface area contributed by atoms with E-state index in [1.54, 1.807) is 0 Å². The first-order valence-electron chi connectivity index (χ1n) is 13.1. The van der Waals surface area contributed by atoms with Crippen molar-refractivity contribution in [1.82, 2.24) is 0 Å². The third-order valence-electron chi connectivity index (χ3n) is 9.08. The summed E-state index contributed by atoms with van der Waals surface area (Å²) < 4.78 is 19.1. The highest BCUT2D eigenvalue weighted by Crippen LogP contribution is 2.58. The first-order chi connectivity index (χ1) is 15.4. The minimum Gasteiger partial charge on any atom is -0.460 e. The predicted molar refractivity (Wildman–Crippen MR) is 147 cm³/mol. The number of hydrogen-bond acceptors (Lipinski definition) is 5. The minimum atomic E-state index is -2.07. The third-order valence-corrected chi connectivity index (χ3v) is 15.3. The van der Waals surface area contributed by atoms with Gasteiger partial charge in [0.15, 0.2) is 8.32 Å². The van der Waals surface area contributed by atoms with Gasteiger partial charge in [-0.1, -0.05) is 63.1 Å². The van der Waals surface area contributed by atoms with Crippen molar-refractivity contribution >= 4 is 42.8 Å². The number of alkyl halides is 1. The first-order valence-corrected chi connectivity index (χ1v) is 17.3. The van der Waals surface area contributed by atoms with Gasteiger partial charge in [-0.25, -0.2) is 0 Å². The Labute approximate surface area is 222 Å². The van der Waals surface area contributed by atoms with Gasteiger partial charge in [0.1, 0.15) is 11.2 Å². The van der Waals surface area contributed by atoms with Crippen molar-refractivity contribution < 1.29 is 23.5 Å². The van der Waals surface area contributed by atoms with Crippen molar-refractivity contribution in [3.05, 3.63) is 0 Å². The van der Waals surface area contributed by atoms with Gasteiger partial charge in [0, 0.05) is 16.3 Å². The Balaban J connectivity index is 2.01. The number of carbonyl (C=O) groups is 2. The van der Waals surface area contributed by atoms with E-state index in [-0.39, 0.29) is 44.6 Å². The van der Waals surface area contributed by atoms with E-state index in [1.807, 2.05) is 20.8 Å². The fraction of sp³-hybridized carbons (Fsp3) is 0.926. The Hall–Kier alpha value is -0.153. The number of halogens is 1. The summed E-state index contributed by atoms with van der Waals surface area (Å²) in [6.45, 7) is 19.6. The molecule has 0 amide bonds. The molecule has 0 aromatic heterocycles. The highest BCUT2D eigenvalue weighted by Gasteiger charge is 2.61. The van der Waals surface area contributed by atoms with Crippen LogP contribution in [-0.2, 0) is 23.5 Å². The summed E-state index contributed by atoms with van der Waals surface area (Å²) in [5.41, 5.74) is -1.20. The van der Waals surface area contributed by atoms with Crippen LogP contribution in [0.3, 0.4) is 0 Å². The van der Waals surface area contributed by atoms with Gasteiger partial charge in [-0.3, -0.25) is 9.59 Å². The summed E-state index contributed by atoms with van der Waals surface area (Å²) in [6, 6.07) is 0. The summed E-state index contributed by atoms with van der Waals surface area (Å²) in [5, 5.41) is 0.0552. The van der Waals surface area contributed by atoms with Gasteiger partial charge in [-0.05, 0) is 69.5 Å². The molecule has 0 spiro atoms. The van der Waals surface area contributed by atoms with Gasteiger partial charge in [-0.15, -0.1) is 0 Å². The maximum absolute atomic E-state index is 13.3. The molecule has 7 heteroatoms. The van der Waals surface area contributed by atoms with Gasteiger partial charge in [0.05, 0.1) is 18.9 Å². The zero-order valence-electron chi connectivity index (χ0n) is 22.9. The normalized spacial score (nSPS) is 36.8. The Morgan fingerprint density at radius 2 is 1.79 bits per heavy atom. The predicted octanol–water partition coefficient (Wildman–Crippen LogP) is 7.06. The lowest BCUT2D eigenvalue weighted by Gasteiger charge is -2.51. The SMILES string of the molecule is CC(C)(C)OC(=O)C[C@@H]1[C@H](I)[C@H]2CCCC[C@]2(C)C[C@@H]2C[C@@]1(CO[Si](C)(C)C(C)(C)C)OC2=O. The Bertz CT molecular complexity index is 785. The van der Waals surface area contributed by atoms with E-state index in [2.05, 4.69) is 63.4 Å². The molecule has 0 aromatic rings. The Morgan fingerprint density at radius 1 is 1.15 bits per heavy atom. The third kappa shape index (κ3) is 5.87. The second-order valence-electron chi connectivity index (χ2n) is 14.0. The van der Waals surface area contributed by atoms with Gasteiger partial charge >= 0.3 is 11.9 Å². The second-order valence-corrected chi connectivity index (χ2v) is 20.2. The van der Waals surface area contributed by atoms with E-state index in [1.165, 1.54) is 12.8 Å². The lowest BCUT2D eigenvalue weighted by atomic mass is 9.57. The van der Waals surface area contributed by atoms with E-state index in [4.69, 9.17) is 13.9 Å². The molecule has 6 atom stereocenters. The van der Waals surface area contributed by atoms with Crippen molar-refractivity contribution in [3.63, 3.8) is 0 Å². The van der Waals surface area contributed by atoms with Crippen molar-refractivity contribution in [3.8, 4) is 0 Å². The largest absolute Gasteiger partial charge is 0.460 e. The van der Waals surface area contributed by atoms with E-state index in [0.717, 1.165) is 19.3 Å². The van der Waals surface area contributed by atoms with Crippen molar-refractivity contribution in [2.24, 2.45) is 23.2 Å². The van der Waals surface area contributed by atoms with Crippen LogP contribution in [0.1, 0.15) is 93.4 Å². The molecule has 34 heavy (non-hydrogen) atoms. The average molecular weight is 607 g/mol. The van der Waals surface area contributed by atoms with Crippen molar-refractivity contribution in [2.45, 2.75) is 127 Å². The Morgan fingerprint density at radius 3 is 2.38 bits per heavy atom. The van der Waals surface area contributed by atoms with Crippen LogP contribution in [0.2, 0.25) is 18.1 Å². The molecule has 0 radical (unpaired) electrons. The first kappa shape index (κ1) is 28.4. The second kappa shape index (κ2) is 9.62. The maximum atomic E-state index is 13.3. The molecule has 3 fully saturated rings. The summed E-state index contributed by atoms with van der Waals surface area (Å²) in [6.07, 6.45) is 6.52. The summed E-state index contributed by atoms with van der Waals surface area (Å²) >= 11 is 2.58. The lowest BCUT2D eigenvalue weighted by molar-refractivity contribution is -0.167. The van der Waals surface area contributed by atoms with Crippen LogP contribution in [0.4, 0.5) is 0 Å². The quantitative estimate of drug-likeness (QED) is 0.145. The molecule has 0 aromatic carbocycles. The maximum Gasteiger partial charge on any atom is 0.309 e. The zero-order valence-corrected chi connectivity index (χ0v) is 26.0. The highest BCUT2D eigenvalue weighted by atomic mass is 127. The minimum absolute atomic E-state index is 0.0552. The number of rotatable bonds is 5. The molecule has 0 N–H and O–H groups in total. The van der Waals surface area contributed by atoms with Crippen LogP contribution in [0, 0.1) is 23.2 Å². The van der Waals surface area contributed by atoms with Crippen LogP contribution in [-0.4, -0.2) is 42.0 Å². The lowest BCUT2D eigenvalue weighted by Crippen LogP contribution is -2.55. The molecule has 1 saturated heterocycles. The monoisotopic (exact) mass is 606 g/mol. The topological polar surface area (TPSA) is 61.8 Å². The molecule has 1 aliphatic heterocycles. The van der Waals surface area contributed by atoms with Gasteiger partial charge < -0.3 is 13.9 Å². The molecule has 3 rings (SSSR count). The molecule has 2 aliphatic carbocycles. The van der Waals surface area contributed by atoms with E-state index < -0.39 is 19.5 Å². The van der Waals surface area contributed by atoms with Gasteiger partial charge in [-0.2, -0.15) is 0 Å². The average Bonchev–Trinajstić information content (AvgIpc) is 2.98. The fourth-order valence-corrected chi connectivity index (χ4v) is 9.32. The van der Waals surface area contributed by atoms with E-state index >= 15 is 0 Å².